The molecule has 0 aromatic heterocycles. The van der Waals surface area contributed by atoms with Gasteiger partial charge in [0.15, 0.2) is 0 Å². The van der Waals surface area contributed by atoms with E-state index in [4.69, 9.17) is 0 Å². The van der Waals surface area contributed by atoms with Gasteiger partial charge >= 0.3 is 0 Å². The average molecular weight is 444 g/mol. The third-order valence-corrected chi connectivity index (χ3v) is 7.25. The first-order chi connectivity index (χ1) is 14.6. The number of hydrogen-bond acceptors (Lipinski definition) is 4. The summed E-state index contributed by atoms with van der Waals surface area (Å²) in [5, 5.41) is 3.04. The molecular formula is C24H33N3O3S. The number of amides is 1. The van der Waals surface area contributed by atoms with E-state index in [1.54, 1.807) is 25.1 Å². The van der Waals surface area contributed by atoms with Gasteiger partial charge < -0.3 is 10.2 Å². The SMILES string of the molecule is Cc1cc(C(=O)N[C@@H](C)c2ccc(N3CCC[C@H](C)C3)cc2)ccc1N(C)S(C)(=O)=O. The lowest BCUT2D eigenvalue weighted by Gasteiger charge is -2.33. The molecule has 1 heterocycles. The van der Waals surface area contributed by atoms with Crippen LogP contribution in [0.15, 0.2) is 42.5 Å². The van der Waals surface area contributed by atoms with Crippen LogP contribution in [-0.4, -0.2) is 40.7 Å². The Balaban J connectivity index is 1.67. The Labute approximate surface area is 186 Å². The van der Waals surface area contributed by atoms with Crippen molar-refractivity contribution in [3.63, 3.8) is 0 Å². The van der Waals surface area contributed by atoms with Gasteiger partial charge in [0.05, 0.1) is 18.0 Å². The van der Waals surface area contributed by atoms with Crippen LogP contribution in [0, 0.1) is 12.8 Å². The van der Waals surface area contributed by atoms with E-state index < -0.39 is 10.0 Å². The van der Waals surface area contributed by atoms with Crippen LogP contribution >= 0.6 is 0 Å². The Kier molecular flexibility index (Phi) is 6.94. The summed E-state index contributed by atoms with van der Waals surface area (Å²) in [6.07, 6.45) is 3.68. The maximum atomic E-state index is 12.8. The molecule has 2 aromatic rings. The van der Waals surface area contributed by atoms with E-state index in [0.717, 1.165) is 36.4 Å². The molecule has 1 fully saturated rings. The van der Waals surface area contributed by atoms with Gasteiger partial charge in [-0.3, -0.25) is 9.10 Å². The third-order valence-electron chi connectivity index (χ3n) is 6.06. The molecule has 3 rings (SSSR count). The molecule has 1 aliphatic rings. The summed E-state index contributed by atoms with van der Waals surface area (Å²) in [6.45, 7) is 8.26. The summed E-state index contributed by atoms with van der Waals surface area (Å²) in [7, 11) is -1.84. The number of hydrogen-bond donors (Lipinski definition) is 1. The Hall–Kier alpha value is -2.54. The van der Waals surface area contributed by atoms with Crippen LogP contribution in [0.5, 0.6) is 0 Å². The molecule has 168 valence electrons. The van der Waals surface area contributed by atoms with Gasteiger partial charge in [-0.05, 0) is 74.1 Å². The second-order valence-electron chi connectivity index (χ2n) is 8.71. The van der Waals surface area contributed by atoms with Crippen LogP contribution in [0.25, 0.3) is 0 Å². The molecule has 7 heteroatoms. The van der Waals surface area contributed by atoms with Crippen molar-refractivity contribution in [2.24, 2.45) is 5.92 Å². The number of piperidine rings is 1. The third kappa shape index (κ3) is 5.58. The predicted molar refractivity (Wildman–Crippen MR) is 127 cm³/mol. The molecule has 0 saturated carbocycles. The number of anilines is 2. The Bertz CT molecular complexity index is 1030. The van der Waals surface area contributed by atoms with E-state index in [0.29, 0.717) is 11.3 Å². The fourth-order valence-corrected chi connectivity index (χ4v) is 4.65. The Morgan fingerprint density at radius 1 is 1.19 bits per heavy atom. The second-order valence-corrected chi connectivity index (χ2v) is 10.7. The van der Waals surface area contributed by atoms with Gasteiger partial charge in [0.1, 0.15) is 0 Å². The van der Waals surface area contributed by atoms with Crippen molar-refractivity contribution in [3.05, 3.63) is 59.2 Å². The van der Waals surface area contributed by atoms with Crippen molar-refractivity contribution < 1.29 is 13.2 Å². The van der Waals surface area contributed by atoms with Gasteiger partial charge in [0, 0.05) is 31.4 Å². The fraction of sp³-hybridized carbons (Fsp3) is 0.458. The minimum Gasteiger partial charge on any atom is -0.371 e. The molecule has 0 spiro atoms. The van der Waals surface area contributed by atoms with Gasteiger partial charge in [-0.1, -0.05) is 19.1 Å². The molecule has 0 bridgehead atoms. The summed E-state index contributed by atoms with van der Waals surface area (Å²) in [4.78, 5) is 15.2. The summed E-state index contributed by atoms with van der Waals surface area (Å²) in [5.41, 5.74) is 4.08. The first kappa shape index (κ1) is 23.1. The van der Waals surface area contributed by atoms with Crippen LogP contribution in [0.1, 0.15) is 54.2 Å². The monoisotopic (exact) mass is 443 g/mol. The van der Waals surface area contributed by atoms with E-state index in [2.05, 4.69) is 41.4 Å². The zero-order valence-electron chi connectivity index (χ0n) is 19.1. The predicted octanol–water partition coefficient (Wildman–Crippen LogP) is 4.12. The van der Waals surface area contributed by atoms with E-state index >= 15 is 0 Å². The van der Waals surface area contributed by atoms with Crippen molar-refractivity contribution in [3.8, 4) is 0 Å². The number of benzene rings is 2. The van der Waals surface area contributed by atoms with Crippen molar-refractivity contribution in [1.82, 2.24) is 5.32 Å². The Morgan fingerprint density at radius 3 is 2.45 bits per heavy atom. The molecule has 0 unspecified atom stereocenters. The molecule has 6 nitrogen and oxygen atoms in total. The van der Waals surface area contributed by atoms with Crippen LogP contribution in [0.3, 0.4) is 0 Å². The highest BCUT2D eigenvalue weighted by atomic mass is 32.2. The first-order valence-electron chi connectivity index (χ1n) is 10.8. The normalized spacial score (nSPS) is 17.8. The lowest BCUT2D eigenvalue weighted by atomic mass is 9.99. The summed E-state index contributed by atoms with van der Waals surface area (Å²) >= 11 is 0. The maximum Gasteiger partial charge on any atom is 0.251 e. The van der Waals surface area contributed by atoms with Gasteiger partial charge in [-0.15, -0.1) is 0 Å². The number of carbonyl (C=O) groups excluding carboxylic acids is 1. The van der Waals surface area contributed by atoms with Crippen LogP contribution < -0.4 is 14.5 Å². The minimum absolute atomic E-state index is 0.138. The zero-order valence-corrected chi connectivity index (χ0v) is 19.9. The fourth-order valence-electron chi connectivity index (χ4n) is 4.09. The van der Waals surface area contributed by atoms with E-state index in [1.807, 2.05) is 6.92 Å². The van der Waals surface area contributed by atoms with E-state index in [1.165, 1.54) is 29.9 Å². The topological polar surface area (TPSA) is 69.7 Å². The number of rotatable bonds is 6. The molecule has 1 amide bonds. The molecule has 1 N–H and O–H groups in total. The second kappa shape index (κ2) is 9.30. The van der Waals surface area contributed by atoms with Gasteiger partial charge in [-0.2, -0.15) is 0 Å². The minimum atomic E-state index is -3.35. The van der Waals surface area contributed by atoms with Crippen LogP contribution in [0.4, 0.5) is 11.4 Å². The number of aryl methyl sites for hydroxylation is 1. The number of carbonyl (C=O) groups is 1. The lowest BCUT2D eigenvalue weighted by molar-refractivity contribution is 0.0940. The largest absolute Gasteiger partial charge is 0.371 e. The number of sulfonamides is 1. The zero-order chi connectivity index (χ0) is 22.8. The molecule has 1 saturated heterocycles. The maximum absolute atomic E-state index is 12.8. The van der Waals surface area contributed by atoms with Gasteiger partial charge in [0.2, 0.25) is 10.0 Å². The smallest absolute Gasteiger partial charge is 0.251 e. The molecular weight excluding hydrogens is 410 g/mol. The number of nitrogens with one attached hydrogen (secondary N) is 1. The lowest BCUT2D eigenvalue weighted by Crippen LogP contribution is -2.34. The first-order valence-corrected chi connectivity index (χ1v) is 12.6. The van der Waals surface area contributed by atoms with Gasteiger partial charge in [0.25, 0.3) is 5.91 Å². The molecule has 1 aliphatic heterocycles. The molecule has 0 radical (unpaired) electrons. The Morgan fingerprint density at radius 2 is 1.87 bits per heavy atom. The molecule has 31 heavy (non-hydrogen) atoms. The van der Waals surface area contributed by atoms with Crippen LogP contribution in [0.2, 0.25) is 0 Å². The highest BCUT2D eigenvalue weighted by Gasteiger charge is 2.19. The highest BCUT2D eigenvalue weighted by Crippen LogP contribution is 2.25. The number of nitrogens with zero attached hydrogens (tertiary/aromatic N) is 2. The molecule has 2 atom stereocenters. The summed E-state index contributed by atoms with van der Waals surface area (Å²) in [6, 6.07) is 13.3. The van der Waals surface area contributed by atoms with Crippen molar-refractivity contribution >= 4 is 27.3 Å². The quantitative estimate of drug-likeness (QED) is 0.729. The van der Waals surface area contributed by atoms with Gasteiger partial charge in [-0.25, -0.2) is 8.42 Å². The van der Waals surface area contributed by atoms with Crippen LogP contribution in [-0.2, 0) is 10.0 Å². The standard InChI is InChI=1S/C24H33N3O3S/c1-17-7-6-14-27(16-17)22-11-8-20(9-12-22)19(3)25-24(28)21-10-13-23(18(2)15-21)26(4)31(5,29)30/h8-13,15,17,19H,6-7,14,16H2,1-5H3,(H,25,28)/t17-,19-/m0/s1. The van der Waals surface area contributed by atoms with Crippen molar-refractivity contribution in [1.29, 1.82) is 0 Å². The summed E-state index contributed by atoms with van der Waals surface area (Å²) < 4.78 is 24.8. The average Bonchev–Trinajstić information content (AvgIpc) is 2.72. The van der Waals surface area contributed by atoms with Crippen molar-refractivity contribution in [2.75, 3.05) is 35.6 Å². The summed E-state index contributed by atoms with van der Waals surface area (Å²) in [5.74, 6) is 0.539. The van der Waals surface area contributed by atoms with E-state index in [-0.39, 0.29) is 11.9 Å². The highest BCUT2D eigenvalue weighted by molar-refractivity contribution is 7.92. The van der Waals surface area contributed by atoms with Crippen molar-refractivity contribution in [2.45, 2.75) is 39.7 Å². The molecule has 0 aliphatic carbocycles. The van der Waals surface area contributed by atoms with E-state index in [9.17, 15) is 13.2 Å². The molecule has 2 aromatic carbocycles.